The number of aliphatic carboxylic acids is 1. The fraction of sp³-hybridized carbons (Fsp3) is 0.545. The molecule has 0 saturated carbocycles. The van der Waals surface area contributed by atoms with E-state index in [1.807, 2.05) is 0 Å². The molecule has 3 unspecified atom stereocenters. The first-order chi connectivity index (χ1) is 15.8. The number of nitrogens with one attached hydrogen (secondary N) is 2. The van der Waals surface area contributed by atoms with Crippen LogP contribution in [0.3, 0.4) is 0 Å². The molecule has 1 aromatic carbocycles. The molecule has 0 bridgehead atoms. The average molecular weight is 464 g/mol. The predicted molar refractivity (Wildman–Crippen MR) is 120 cm³/mol. The second kappa shape index (κ2) is 12.8. The van der Waals surface area contributed by atoms with Gasteiger partial charge in [0.05, 0.1) is 6.54 Å². The van der Waals surface area contributed by atoms with Crippen molar-refractivity contribution in [2.75, 3.05) is 19.6 Å². The van der Waals surface area contributed by atoms with Crippen LogP contribution in [0.5, 0.6) is 5.75 Å². The Morgan fingerprint density at radius 3 is 2.36 bits per heavy atom. The number of phenols is 1. The summed E-state index contributed by atoms with van der Waals surface area (Å²) < 4.78 is 0. The number of carbonyl (C=O) groups is 4. The number of rotatable bonds is 12. The van der Waals surface area contributed by atoms with Crippen molar-refractivity contribution < 1.29 is 29.4 Å². The van der Waals surface area contributed by atoms with Gasteiger partial charge < -0.3 is 37.2 Å². The number of hydrogen-bond acceptors (Lipinski definition) is 7. The van der Waals surface area contributed by atoms with E-state index < -0.39 is 41.8 Å². The molecular weight excluding hydrogens is 430 g/mol. The molecule has 1 aliphatic rings. The highest BCUT2D eigenvalue weighted by Crippen LogP contribution is 2.20. The molecule has 33 heavy (non-hydrogen) atoms. The van der Waals surface area contributed by atoms with Gasteiger partial charge in [0.25, 0.3) is 0 Å². The Morgan fingerprint density at radius 2 is 1.76 bits per heavy atom. The van der Waals surface area contributed by atoms with E-state index in [4.69, 9.17) is 11.5 Å². The lowest BCUT2D eigenvalue weighted by atomic mass is 10.0. The van der Waals surface area contributed by atoms with Crippen LogP contribution in [0.4, 0.5) is 0 Å². The Labute approximate surface area is 192 Å². The normalized spacial score (nSPS) is 17.3. The second-order valence-electron chi connectivity index (χ2n) is 8.07. The van der Waals surface area contributed by atoms with E-state index in [1.54, 1.807) is 12.1 Å². The number of carboxylic acid groups (broad SMARTS) is 1. The summed E-state index contributed by atoms with van der Waals surface area (Å²) >= 11 is 0. The Hall–Kier alpha value is -3.18. The maximum atomic E-state index is 13.2. The number of likely N-dealkylation sites (tertiary alicyclic amines) is 1. The Balaban J connectivity index is 2.08. The van der Waals surface area contributed by atoms with Crippen molar-refractivity contribution in [2.45, 2.75) is 56.7 Å². The number of phenolic OH excluding ortho intramolecular Hbond substituents is 1. The van der Waals surface area contributed by atoms with Gasteiger partial charge in [0, 0.05) is 13.0 Å². The van der Waals surface area contributed by atoms with Gasteiger partial charge in [-0.1, -0.05) is 12.1 Å². The van der Waals surface area contributed by atoms with E-state index in [-0.39, 0.29) is 18.7 Å². The van der Waals surface area contributed by atoms with E-state index in [0.717, 1.165) is 0 Å². The molecule has 182 valence electrons. The van der Waals surface area contributed by atoms with Gasteiger partial charge in [0.1, 0.15) is 23.9 Å². The number of unbranched alkanes of at least 4 members (excludes halogenated alkanes) is 1. The zero-order valence-electron chi connectivity index (χ0n) is 18.5. The summed E-state index contributed by atoms with van der Waals surface area (Å²) in [7, 11) is 0. The first-order valence-corrected chi connectivity index (χ1v) is 11.1. The molecule has 1 saturated heterocycles. The van der Waals surface area contributed by atoms with Crippen molar-refractivity contribution in [3.63, 3.8) is 0 Å². The van der Waals surface area contributed by atoms with Crippen LogP contribution in [0, 0.1) is 0 Å². The highest BCUT2D eigenvalue weighted by atomic mass is 16.4. The predicted octanol–water partition coefficient (Wildman–Crippen LogP) is -0.932. The fourth-order valence-corrected chi connectivity index (χ4v) is 3.84. The van der Waals surface area contributed by atoms with Gasteiger partial charge in [0.2, 0.25) is 17.7 Å². The Kier molecular flexibility index (Phi) is 10.1. The third-order valence-corrected chi connectivity index (χ3v) is 5.59. The van der Waals surface area contributed by atoms with Crippen molar-refractivity contribution in [3.8, 4) is 5.75 Å². The molecule has 2 rings (SSSR count). The molecule has 1 aliphatic heterocycles. The number of carbonyl (C=O) groups excluding carboxylic acids is 3. The molecular formula is C22H33N5O6. The molecule has 0 aliphatic carbocycles. The van der Waals surface area contributed by atoms with Gasteiger partial charge in [-0.15, -0.1) is 0 Å². The summed E-state index contributed by atoms with van der Waals surface area (Å²) in [5.41, 5.74) is 11.5. The van der Waals surface area contributed by atoms with Crippen LogP contribution in [0.2, 0.25) is 0 Å². The zero-order valence-corrected chi connectivity index (χ0v) is 18.5. The Bertz CT molecular complexity index is 831. The van der Waals surface area contributed by atoms with E-state index >= 15 is 0 Å². The minimum Gasteiger partial charge on any atom is -0.508 e. The molecule has 11 heteroatoms. The van der Waals surface area contributed by atoms with Gasteiger partial charge in [-0.25, -0.2) is 4.79 Å². The van der Waals surface area contributed by atoms with Crippen LogP contribution in [-0.4, -0.2) is 76.6 Å². The summed E-state index contributed by atoms with van der Waals surface area (Å²) in [4.78, 5) is 51.1. The molecule has 11 nitrogen and oxygen atoms in total. The summed E-state index contributed by atoms with van der Waals surface area (Å²) in [5.74, 6) is -2.57. The lowest BCUT2D eigenvalue weighted by Crippen LogP contribution is -2.56. The van der Waals surface area contributed by atoms with E-state index in [2.05, 4.69) is 10.6 Å². The molecule has 1 heterocycles. The zero-order chi connectivity index (χ0) is 24.4. The van der Waals surface area contributed by atoms with Crippen molar-refractivity contribution in [3.05, 3.63) is 29.8 Å². The van der Waals surface area contributed by atoms with Crippen molar-refractivity contribution >= 4 is 23.7 Å². The quantitative estimate of drug-likeness (QED) is 0.214. The molecule has 0 radical (unpaired) electrons. The second-order valence-corrected chi connectivity index (χ2v) is 8.07. The summed E-state index contributed by atoms with van der Waals surface area (Å²) in [5, 5.41) is 24.1. The number of amides is 3. The van der Waals surface area contributed by atoms with E-state index in [1.165, 1.54) is 17.0 Å². The van der Waals surface area contributed by atoms with Crippen molar-refractivity contribution in [1.82, 2.24) is 15.5 Å². The van der Waals surface area contributed by atoms with Crippen LogP contribution in [0.1, 0.15) is 37.7 Å². The first kappa shape index (κ1) is 26.1. The molecule has 3 amide bonds. The molecule has 8 N–H and O–H groups in total. The number of nitrogens with two attached hydrogens (primary N) is 2. The third kappa shape index (κ3) is 7.72. The smallest absolute Gasteiger partial charge is 0.326 e. The lowest BCUT2D eigenvalue weighted by molar-refractivity contribution is -0.144. The molecule has 1 aromatic rings. The first-order valence-electron chi connectivity index (χ1n) is 11.1. The molecule has 3 atom stereocenters. The molecule has 0 spiro atoms. The fourth-order valence-electron chi connectivity index (χ4n) is 3.84. The van der Waals surface area contributed by atoms with Crippen molar-refractivity contribution in [2.24, 2.45) is 11.5 Å². The standard InChI is InChI=1S/C22H33N5O6/c23-10-2-1-4-16(25-19(29)13-24)21(31)27-11-3-5-18(27)20(30)26-17(22(32)33)12-14-6-8-15(28)9-7-14/h6-9,16-18,28H,1-5,10-13,23-24H2,(H,25,29)(H,26,30)(H,32,33). The topological polar surface area (TPSA) is 188 Å². The summed E-state index contributed by atoms with van der Waals surface area (Å²) in [6.07, 6.45) is 2.67. The van der Waals surface area contributed by atoms with Crippen LogP contribution in [0.25, 0.3) is 0 Å². The van der Waals surface area contributed by atoms with Crippen LogP contribution in [0.15, 0.2) is 24.3 Å². The third-order valence-electron chi connectivity index (χ3n) is 5.59. The minimum absolute atomic E-state index is 0.0241. The van der Waals surface area contributed by atoms with Gasteiger partial charge in [-0.3, -0.25) is 14.4 Å². The largest absolute Gasteiger partial charge is 0.508 e. The van der Waals surface area contributed by atoms with Crippen LogP contribution >= 0.6 is 0 Å². The highest BCUT2D eigenvalue weighted by molar-refractivity contribution is 5.94. The lowest BCUT2D eigenvalue weighted by Gasteiger charge is -2.29. The van der Waals surface area contributed by atoms with Crippen LogP contribution in [-0.2, 0) is 25.6 Å². The summed E-state index contributed by atoms with van der Waals surface area (Å²) in [6, 6.07) is 3.18. The van der Waals surface area contributed by atoms with Gasteiger partial charge in [0.15, 0.2) is 0 Å². The van der Waals surface area contributed by atoms with Gasteiger partial charge >= 0.3 is 5.97 Å². The number of carboxylic acids is 1. The number of nitrogens with zero attached hydrogens (tertiary/aromatic N) is 1. The number of benzene rings is 1. The Morgan fingerprint density at radius 1 is 1.06 bits per heavy atom. The minimum atomic E-state index is -1.21. The van der Waals surface area contributed by atoms with Crippen LogP contribution < -0.4 is 22.1 Å². The van der Waals surface area contributed by atoms with Crippen molar-refractivity contribution in [1.29, 1.82) is 0 Å². The average Bonchev–Trinajstić information content (AvgIpc) is 3.28. The maximum Gasteiger partial charge on any atom is 0.326 e. The number of aromatic hydroxyl groups is 1. The highest BCUT2D eigenvalue weighted by Gasteiger charge is 2.38. The molecule has 0 aromatic heterocycles. The van der Waals surface area contributed by atoms with Gasteiger partial charge in [-0.2, -0.15) is 0 Å². The van der Waals surface area contributed by atoms with E-state index in [0.29, 0.717) is 50.8 Å². The van der Waals surface area contributed by atoms with Gasteiger partial charge in [-0.05, 0) is 56.3 Å². The molecule has 1 fully saturated rings. The SMILES string of the molecule is NCCCCC(NC(=O)CN)C(=O)N1CCCC1C(=O)NC(Cc1ccc(O)cc1)C(=O)O. The monoisotopic (exact) mass is 463 g/mol. The number of hydrogen-bond donors (Lipinski definition) is 6. The summed E-state index contributed by atoms with van der Waals surface area (Å²) in [6.45, 7) is 0.527. The maximum absolute atomic E-state index is 13.2. The van der Waals surface area contributed by atoms with E-state index in [9.17, 15) is 29.4 Å².